The number of imidazole rings is 1. The molecule has 11 rings (SSSR count). The van der Waals surface area contributed by atoms with Gasteiger partial charge in [0.15, 0.2) is 5.82 Å². The van der Waals surface area contributed by atoms with Crippen LogP contribution in [0.2, 0.25) is 0 Å². The first-order valence-corrected chi connectivity index (χ1v) is 17.7. The molecule has 0 radical (unpaired) electrons. The zero-order chi connectivity index (χ0) is 34.9. The van der Waals surface area contributed by atoms with E-state index in [4.69, 9.17) is 19.9 Å². The molecule has 4 aromatic heterocycles. The van der Waals surface area contributed by atoms with Gasteiger partial charge in [-0.25, -0.2) is 4.98 Å². The number of rotatable bonds is 5. The topological polar surface area (TPSA) is 66.3 Å². The average Bonchev–Trinajstić information content (AvgIpc) is 3.89. The molecule has 0 N–H and O–H groups in total. The van der Waals surface area contributed by atoms with Crippen LogP contribution in [0.1, 0.15) is 0 Å². The summed E-state index contributed by atoms with van der Waals surface area (Å²) in [7, 11) is 0. The van der Waals surface area contributed by atoms with E-state index in [-0.39, 0.29) is 0 Å². The zero-order valence-electron chi connectivity index (χ0n) is 28.4. The van der Waals surface area contributed by atoms with Crippen molar-refractivity contribution in [1.29, 1.82) is 0 Å². The van der Waals surface area contributed by atoms with Gasteiger partial charge in [-0.2, -0.15) is 15.0 Å². The van der Waals surface area contributed by atoms with Crippen molar-refractivity contribution in [2.45, 2.75) is 0 Å². The van der Waals surface area contributed by atoms with Gasteiger partial charge >= 0.3 is 0 Å². The Hall–Kier alpha value is -7.38. The van der Waals surface area contributed by atoms with Crippen LogP contribution in [0.5, 0.6) is 0 Å². The molecular weight excluding hydrogens is 651 g/mol. The summed E-state index contributed by atoms with van der Waals surface area (Å²) in [6.45, 7) is 0. The van der Waals surface area contributed by atoms with E-state index in [1.807, 2.05) is 18.2 Å². The second-order valence-electron chi connectivity index (χ2n) is 13.1. The van der Waals surface area contributed by atoms with Crippen molar-refractivity contribution in [3.63, 3.8) is 0 Å². The molecule has 0 saturated carbocycles. The predicted molar refractivity (Wildman–Crippen MR) is 214 cm³/mol. The molecule has 0 spiro atoms. The Bertz CT molecular complexity index is 2950. The quantitative estimate of drug-likeness (QED) is 0.182. The van der Waals surface area contributed by atoms with Crippen molar-refractivity contribution in [3.05, 3.63) is 176 Å². The van der Waals surface area contributed by atoms with E-state index in [2.05, 4.69) is 171 Å². The maximum Gasteiger partial charge on any atom is 0.240 e. The predicted octanol–water partition coefficient (Wildman–Crippen LogP) is 10.7. The van der Waals surface area contributed by atoms with E-state index in [0.717, 1.165) is 77.3 Å². The number of hydrogen-bond donors (Lipinski definition) is 0. The van der Waals surface area contributed by atoms with E-state index in [0.29, 0.717) is 17.7 Å². The molecule has 0 saturated heterocycles. The van der Waals surface area contributed by atoms with E-state index in [1.165, 1.54) is 0 Å². The minimum atomic E-state index is 0.538. The third-order valence-electron chi connectivity index (χ3n) is 10.2. The van der Waals surface area contributed by atoms with Gasteiger partial charge in [-0.05, 0) is 48.5 Å². The molecule has 0 aliphatic carbocycles. The number of hydrogen-bond acceptors (Lipinski definition) is 4. The Balaban J connectivity index is 1.24. The third kappa shape index (κ3) is 4.47. The second-order valence-corrected chi connectivity index (χ2v) is 13.1. The van der Waals surface area contributed by atoms with E-state index >= 15 is 0 Å². The molecule has 7 heteroatoms. The third-order valence-corrected chi connectivity index (χ3v) is 10.2. The average molecular weight is 680 g/mol. The second kappa shape index (κ2) is 11.6. The molecule has 4 heterocycles. The summed E-state index contributed by atoms with van der Waals surface area (Å²) < 4.78 is 6.54. The van der Waals surface area contributed by atoms with Crippen LogP contribution >= 0.6 is 0 Å². The molecule has 7 aromatic carbocycles. The van der Waals surface area contributed by atoms with Gasteiger partial charge in [0.25, 0.3) is 0 Å². The molecule has 0 amide bonds. The standard InChI is InChI=1S/C46H29N7/c1-2-16-30(17-3-1)51-42-29-15-10-24-37(42)47-44(51)36-23-5-4-22-35(36)43-48-45(52-38-25-11-6-18-31(38)32-19-7-12-26-39(32)52)50-46(49-43)53-40-27-13-8-20-33(40)34-21-9-14-28-41(34)53/h1-29H. The fourth-order valence-electron chi connectivity index (χ4n) is 7.87. The lowest BCUT2D eigenvalue weighted by molar-refractivity contribution is 0.892. The minimum Gasteiger partial charge on any atom is -0.292 e. The van der Waals surface area contributed by atoms with E-state index in [9.17, 15) is 0 Å². The first-order chi connectivity index (χ1) is 26.3. The molecular formula is C46H29N7. The van der Waals surface area contributed by atoms with Crippen molar-refractivity contribution in [2.75, 3.05) is 0 Å². The molecule has 0 bridgehead atoms. The maximum atomic E-state index is 5.35. The largest absolute Gasteiger partial charge is 0.292 e. The number of para-hydroxylation sites is 7. The Morgan fingerprint density at radius 1 is 0.302 bits per heavy atom. The highest BCUT2D eigenvalue weighted by Gasteiger charge is 2.23. The number of fused-ring (bicyclic) bond motifs is 7. The molecule has 0 aliphatic rings. The summed E-state index contributed by atoms with van der Waals surface area (Å²) in [5.41, 5.74) is 8.84. The van der Waals surface area contributed by atoms with Crippen molar-refractivity contribution in [3.8, 4) is 40.4 Å². The molecule has 0 unspecified atom stereocenters. The maximum absolute atomic E-state index is 5.35. The van der Waals surface area contributed by atoms with Crippen LogP contribution in [-0.2, 0) is 0 Å². The lowest BCUT2D eigenvalue weighted by Crippen LogP contribution is -2.10. The Morgan fingerprint density at radius 3 is 1.25 bits per heavy atom. The first kappa shape index (κ1) is 29.4. The van der Waals surface area contributed by atoms with E-state index in [1.54, 1.807) is 0 Å². The van der Waals surface area contributed by atoms with Gasteiger partial charge in [-0.1, -0.05) is 127 Å². The number of nitrogens with zero attached hydrogens (tertiary/aromatic N) is 7. The highest BCUT2D eigenvalue weighted by Crippen LogP contribution is 2.37. The van der Waals surface area contributed by atoms with Crippen LogP contribution in [0.4, 0.5) is 0 Å². The fourth-order valence-corrected chi connectivity index (χ4v) is 7.87. The van der Waals surface area contributed by atoms with Gasteiger partial charge in [0.05, 0.1) is 33.1 Å². The van der Waals surface area contributed by atoms with Gasteiger partial charge in [0.1, 0.15) is 5.82 Å². The summed E-state index contributed by atoms with van der Waals surface area (Å²) >= 11 is 0. The normalized spacial score (nSPS) is 11.8. The van der Waals surface area contributed by atoms with Crippen LogP contribution in [-0.4, -0.2) is 33.6 Å². The first-order valence-electron chi connectivity index (χ1n) is 17.7. The minimum absolute atomic E-state index is 0.538. The molecule has 248 valence electrons. The van der Waals surface area contributed by atoms with Crippen molar-refractivity contribution < 1.29 is 0 Å². The van der Waals surface area contributed by atoms with Crippen molar-refractivity contribution >= 4 is 54.6 Å². The van der Waals surface area contributed by atoms with Crippen LogP contribution in [0.3, 0.4) is 0 Å². The molecule has 7 nitrogen and oxygen atoms in total. The summed E-state index contributed by atoms with van der Waals surface area (Å²) in [4.78, 5) is 21.3. The van der Waals surface area contributed by atoms with Gasteiger partial charge in [0, 0.05) is 38.4 Å². The fraction of sp³-hybridized carbons (Fsp3) is 0. The summed E-state index contributed by atoms with van der Waals surface area (Å²) in [6.07, 6.45) is 0. The van der Waals surface area contributed by atoms with Gasteiger partial charge in [-0.3, -0.25) is 13.7 Å². The molecule has 0 atom stereocenters. The van der Waals surface area contributed by atoms with Crippen LogP contribution < -0.4 is 0 Å². The Labute approximate surface area is 303 Å². The highest BCUT2D eigenvalue weighted by molar-refractivity contribution is 6.10. The number of benzene rings is 7. The van der Waals surface area contributed by atoms with Gasteiger partial charge in [0.2, 0.25) is 11.9 Å². The van der Waals surface area contributed by atoms with Gasteiger partial charge in [-0.15, -0.1) is 0 Å². The summed E-state index contributed by atoms with van der Waals surface area (Å²) in [6, 6.07) is 60.7. The van der Waals surface area contributed by atoms with Crippen molar-refractivity contribution in [1.82, 2.24) is 33.6 Å². The molecule has 53 heavy (non-hydrogen) atoms. The highest BCUT2D eigenvalue weighted by atomic mass is 15.3. The molecule has 0 fully saturated rings. The SMILES string of the molecule is c1ccc(-n2c(-c3ccccc3-c3nc(-n4c5ccccc5c5ccccc54)nc(-n4c5ccccc5c5ccccc54)n3)nc3ccccc32)cc1. The van der Waals surface area contributed by atoms with Crippen LogP contribution in [0.15, 0.2) is 176 Å². The van der Waals surface area contributed by atoms with Crippen molar-refractivity contribution in [2.24, 2.45) is 0 Å². The summed E-state index contributed by atoms with van der Waals surface area (Å²) in [5.74, 6) is 2.44. The smallest absolute Gasteiger partial charge is 0.240 e. The van der Waals surface area contributed by atoms with Gasteiger partial charge < -0.3 is 0 Å². The Kier molecular flexibility index (Phi) is 6.42. The lowest BCUT2D eigenvalue weighted by Gasteiger charge is -2.15. The lowest BCUT2D eigenvalue weighted by atomic mass is 10.1. The molecule has 11 aromatic rings. The molecule has 0 aliphatic heterocycles. The zero-order valence-corrected chi connectivity index (χ0v) is 28.4. The van der Waals surface area contributed by atoms with Crippen LogP contribution in [0.25, 0.3) is 95.0 Å². The monoisotopic (exact) mass is 679 g/mol. The number of aromatic nitrogens is 7. The van der Waals surface area contributed by atoms with Crippen LogP contribution in [0, 0.1) is 0 Å². The summed E-state index contributed by atoms with van der Waals surface area (Å²) in [5, 5.41) is 4.56. The van der Waals surface area contributed by atoms with E-state index < -0.39 is 0 Å². The Morgan fingerprint density at radius 2 is 0.717 bits per heavy atom.